The fourth-order valence-electron chi connectivity index (χ4n) is 2.72. The van der Waals surface area contributed by atoms with Crippen molar-refractivity contribution >= 4 is 15.7 Å². The second-order valence-electron chi connectivity index (χ2n) is 5.70. The van der Waals surface area contributed by atoms with E-state index < -0.39 is 15.9 Å². The Kier molecular flexibility index (Phi) is 5.62. The van der Waals surface area contributed by atoms with Gasteiger partial charge in [0.2, 0.25) is 0 Å². The summed E-state index contributed by atoms with van der Waals surface area (Å²) in [6.45, 7) is 5.48. The van der Waals surface area contributed by atoms with Crippen molar-refractivity contribution in [1.82, 2.24) is 4.90 Å². The van der Waals surface area contributed by atoms with Crippen LogP contribution in [0.15, 0.2) is 36.9 Å². The van der Waals surface area contributed by atoms with Crippen molar-refractivity contribution in [2.24, 2.45) is 0 Å². The summed E-state index contributed by atoms with van der Waals surface area (Å²) in [5.74, 6) is 0.0716. The van der Waals surface area contributed by atoms with Crippen LogP contribution in [0.1, 0.15) is 18.9 Å². The zero-order valence-electron chi connectivity index (χ0n) is 13.5. The zero-order chi connectivity index (χ0) is 17.7. The molecule has 1 heterocycles. The van der Waals surface area contributed by atoms with Gasteiger partial charge >= 0.3 is 0 Å². The molecule has 0 bridgehead atoms. The summed E-state index contributed by atoms with van der Waals surface area (Å²) in [6.07, 6.45) is 1.16. The monoisotopic (exact) mass is 348 g/mol. The Morgan fingerprint density at radius 1 is 1.54 bits per heavy atom. The lowest BCUT2D eigenvalue weighted by molar-refractivity contribution is -0.139. The quantitative estimate of drug-likeness (QED) is 0.728. The summed E-state index contributed by atoms with van der Waals surface area (Å²) in [7, 11) is -3.10. The first-order valence-electron chi connectivity index (χ1n) is 7.65. The van der Waals surface area contributed by atoms with E-state index in [2.05, 4.69) is 6.58 Å². The molecule has 6 nitrogen and oxygen atoms in total. The first-order valence-corrected chi connectivity index (χ1v) is 9.47. The van der Waals surface area contributed by atoms with Gasteiger partial charge in [0.1, 0.15) is 11.8 Å². The third kappa shape index (κ3) is 4.15. The van der Waals surface area contributed by atoms with Crippen LogP contribution >= 0.6 is 0 Å². The molecule has 0 radical (unpaired) electrons. The molecule has 0 unspecified atom stereocenters. The highest BCUT2D eigenvalue weighted by Gasteiger charge is 2.36. The third-order valence-electron chi connectivity index (χ3n) is 3.92. The number of para-hydroxylation sites is 1. The van der Waals surface area contributed by atoms with Gasteiger partial charge in [0, 0.05) is 12.6 Å². The molecule has 1 aliphatic heterocycles. The number of sulfone groups is 1. The Morgan fingerprint density at radius 3 is 2.83 bits per heavy atom. The molecule has 2 atom stereocenters. The van der Waals surface area contributed by atoms with Gasteiger partial charge in [0.25, 0.3) is 5.91 Å². The van der Waals surface area contributed by atoms with Crippen LogP contribution in [0.5, 0.6) is 5.75 Å². The zero-order valence-corrected chi connectivity index (χ0v) is 14.3. The van der Waals surface area contributed by atoms with Crippen molar-refractivity contribution in [3.63, 3.8) is 0 Å². The largest absolute Gasteiger partial charge is 0.480 e. The van der Waals surface area contributed by atoms with Gasteiger partial charge in [-0.2, -0.15) is 5.26 Å². The molecule has 0 saturated carbocycles. The molecule has 1 aromatic rings. The van der Waals surface area contributed by atoms with Crippen molar-refractivity contribution in [3.8, 4) is 11.8 Å². The van der Waals surface area contributed by atoms with Gasteiger partial charge < -0.3 is 9.64 Å². The van der Waals surface area contributed by atoms with E-state index in [1.807, 2.05) is 6.07 Å². The van der Waals surface area contributed by atoms with Crippen molar-refractivity contribution < 1.29 is 17.9 Å². The van der Waals surface area contributed by atoms with Crippen LogP contribution in [0.2, 0.25) is 0 Å². The molecular weight excluding hydrogens is 328 g/mol. The molecule has 0 aliphatic carbocycles. The number of hydrogen-bond acceptors (Lipinski definition) is 5. The lowest BCUT2D eigenvalue weighted by atomic mass is 10.2. The number of carbonyl (C=O) groups is 1. The minimum absolute atomic E-state index is 0.0336. The average Bonchev–Trinajstić information content (AvgIpc) is 2.92. The minimum Gasteiger partial charge on any atom is -0.480 e. The highest BCUT2D eigenvalue weighted by Crippen LogP contribution is 2.22. The number of benzene rings is 1. The Hall–Kier alpha value is -2.33. The molecule has 1 saturated heterocycles. The summed E-state index contributed by atoms with van der Waals surface area (Å²) in [6, 6.07) is 8.32. The van der Waals surface area contributed by atoms with Crippen LogP contribution in [0.4, 0.5) is 0 Å². The molecule has 0 spiro atoms. The number of nitriles is 1. The summed E-state index contributed by atoms with van der Waals surface area (Å²) in [4.78, 5) is 14.2. The molecule has 2 rings (SSSR count). The number of ether oxygens (including phenoxy) is 1. The summed E-state index contributed by atoms with van der Waals surface area (Å²) in [5, 5.41) is 9.09. The van der Waals surface area contributed by atoms with E-state index in [1.165, 1.54) is 4.90 Å². The van der Waals surface area contributed by atoms with Crippen molar-refractivity contribution in [2.75, 3.05) is 18.1 Å². The van der Waals surface area contributed by atoms with Gasteiger partial charge in [-0.25, -0.2) is 8.42 Å². The van der Waals surface area contributed by atoms with E-state index in [4.69, 9.17) is 10.00 Å². The Morgan fingerprint density at radius 2 is 2.25 bits per heavy atom. The van der Waals surface area contributed by atoms with Crippen molar-refractivity contribution in [1.29, 1.82) is 5.26 Å². The maximum absolute atomic E-state index is 12.7. The van der Waals surface area contributed by atoms with Crippen LogP contribution < -0.4 is 4.74 Å². The fourth-order valence-corrected chi connectivity index (χ4v) is 4.45. The maximum atomic E-state index is 12.7. The Labute approximate surface area is 142 Å². The van der Waals surface area contributed by atoms with E-state index in [0.29, 0.717) is 17.7 Å². The van der Waals surface area contributed by atoms with Crippen molar-refractivity contribution in [2.45, 2.75) is 25.5 Å². The number of amides is 1. The lowest BCUT2D eigenvalue weighted by Crippen LogP contribution is -2.47. The number of hydrogen-bond donors (Lipinski definition) is 0. The van der Waals surface area contributed by atoms with Crippen LogP contribution in [0, 0.1) is 11.3 Å². The van der Waals surface area contributed by atoms with Crippen LogP contribution in [-0.2, 0) is 14.6 Å². The van der Waals surface area contributed by atoms with Crippen LogP contribution in [0.3, 0.4) is 0 Å². The van der Waals surface area contributed by atoms with Gasteiger partial charge in [-0.1, -0.05) is 18.2 Å². The van der Waals surface area contributed by atoms with Gasteiger partial charge in [-0.15, -0.1) is 6.58 Å². The molecule has 7 heteroatoms. The standard InChI is InChI=1S/C17H20N2O4S/c1-3-9-19(15-8-10-24(21,22)12-15)17(20)13(2)23-16-7-5-4-6-14(16)11-18/h3-7,13,15H,1,8-10,12H2,2H3/t13-,15+/m1/s1. The number of nitrogens with zero attached hydrogens (tertiary/aromatic N) is 2. The number of carbonyl (C=O) groups excluding carboxylic acids is 1. The molecule has 1 aliphatic rings. The second-order valence-corrected chi connectivity index (χ2v) is 7.93. The first-order chi connectivity index (χ1) is 11.4. The molecule has 1 fully saturated rings. The summed E-state index contributed by atoms with van der Waals surface area (Å²) in [5.41, 5.74) is 0.343. The molecular formula is C17H20N2O4S. The molecule has 24 heavy (non-hydrogen) atoms. The van der Waals surface area contributed by atoms with Gasteiger partial charge in [-0.3, -0.25) is 4.79 Å². The smallest absolute Gasteiger partial charge is 0.263 e. The van der Waals surface area contributed by atoms with E-state index >= 15 is 0 Å². The average molecular weight is 348 g/mol. The summed E-state index contributed by atoms with van der Waals surface area (Å²) >= 11 is 0. The van der Waals surface area contributed by atoms with E-state index in [1.54, 1.807) is 37.3 Å². The first kappa shape index (κ1) is 18.0. The molecule has 1 aromatic carbocycles. The minimum atomic E-state index is -3.10. The van der Waals surface area contributed by atoms with Gasteiger partial charge in [-0.05, 0) is 25.5 Å². The third-order valence-corrected chi connectivity index (χ3v) is 5.67. The Bertz CT molecular complexity index is 767. The fraction of sp³-hybridized carbons (Fsp3) is 0.412. The molecule has 0 N–H and O–H groups in total. The SMILES string of the molecule is C=CCN(C(=O)[C@@H](C)Oc1ccccc1C#N)[C@H]1CCS(=O)(=O)C1. The van der Waals surface area contributed by atoms with Crippen LogP contribution in [-0.4, -0.2) is 49.4 Å². The lowest BCUT2D eigenvalue weighted by Gasteiger charge is -2.29. The summed E-state index contributed by atoms with van der Waals surface area (Å²) < 4.78 is 29.0. The van der Waals surface area contributed by atoms with Crippen molar-refractivity contribution in [3.05, 3.63) is 42.5 Å². The molecule has 128 valence electrons. The predicted molar refractivity (Wildman–Crippen MR) is 90.2 cm³/mol. The second kappa shape index (κ2) is 7.49. The predicted octanol–water partition coefficient (Wildman–Crippen LogP) is 1.53. The topological polar surface area (TPSA) is 87.5 Å². The van der Waals surface area contributed by atoms with E-state index in [0.717, 1.165) is 0 Å². The highest BCUT2D eigenvalue weighted by molar-refractivity contribution is 7.91. The van der Waals surface area contributed by atoms with E-state index in [9.17, 15) is 13.2 Å². The normalized spacial score (nSPS) is 19.9. The highest BCUT2D eigenvalue weighted by atomic mass is 32.2. The van der Waals surface area contributed by atoms with E-state index in [-0.39, 0.29) is 30.0 Å². The molecule has 0 aromatic heterocycles. The Balaban J connectivity index is 2.14. The van der Waals surface area contributed by atoms with Gasteiger partial charge in [0.15, 0.2) is 15.9 Å². The maximum Gasteiger partial charge on any atom is 0.263 e. The van der Waals surface area contributed by atoms with Gasteiger partial charge in [0.05, 0.1) is 17.1 Å². The number of rotatable bonds is 6. The van der Waals surface area contributed by atoms with Crippen LogP contribution in [0.25, 0.3) is 0 Å². The molecule has 1 amide bonds.